The highest BCUT2D eigenvalue weighted by molar-refractivity contribution is 5.89. The maximum Gasteiger partial charge on any atom is 0.406 e. The van der Waals surface area contributed by atoms with Gasteiger partial charge in [-0.3, -0.25) is 9.59 Å². The summed E-state index contributed by atoms with van der Waals surface area (Å²) in [5, 5.41) is 0. The van der Waals surface area contributed by atoms with Crippen molar-refractivity contribution in [3.63, 3.8) is 0 Å². The number of halogens is 4. The molecule has 0 aromatic rings. The second-order valence-corrected chi connectivity index (χ2v) is 6.93. The van der Waals surface area contributed by atoms with Gasteiger partial charge in [-0.05, 0) is 11.8 Å². The van der Waals surface area contributed by atoms with Gasteiger partial charge in [0.1, 0.15) is 6.54 Å². The van der Waals surface area contributed by atoms with Crippen LogP contribution in [0, 0.1) is 11.3 Å². The molecule has 9 heteroatoms. The van der Waals surface area contributed by atoms with E-state index in [4.69, 9.17) is 5.73 Å². The highest BCUT2D eigenvalue weighted by Gasteiger charge is 2.43. The minimum atomic E-state index is -4.44. The fourth-order valence-electron chi connectivity index (χ4n) is 3.13. The topological polar surface area (TPSA) is 66.6 Å². The van der Waals surface area contributed by atoms with Crippen molar-refractivity contribution < 1.29 is 22.8 Å². The van der Waals surface area contributed by atoms with Crippen LogP contribution in [0.3, 0.4) is 0 Å². The first-order valence-electron chi connectivity index (χ1n) is 7.38. The number of hydrogen-bond donors (Lipinski definition) is 1. The number of nitrogens with zero attached hydrogens (tertiary/aromatic N) is 2. The van der Waals surface area contributed by atoms with Crippen LogP contribution in [-0.2, 0) is 9.59 Å². The molecule has 2 rings (SSSR count). The lowest BCUT2D eigenvalue weighted by atomic mass is 9.79. The number of rotatable bonds is 2. The van der Waals surface area contributed by atoms with Gasteiger partial charge in [0, 0.05) is 32.1 Å². The molecule has 2 N–H and O–H groups in total. The number of hydrogen-bond acceptors (Lipinski definition) is 3. The minimum absolute atomic E-state index is 0. The van der Waals surface area contributed by atoms with Crippen LogP contribution in [0.4, 0.5) is 13.2 Å². The summed E-state index contributed by atoms with van der Waals surface area (Å²) in [6, 6.07) is -0.0107. The summed E-state index contributed by atoms with van der Waals surface area (Å²) in [6.45, 7) is 3.45. The summed E-state index contributed by atoms with van der Waals surface area (Å²) in [5.74, 6) is -1.53. The fourth-order valence-corrected chi connectivity index (χ4v) is 3.13. The molecule has 2 aliphatic rings. The molecule has 0 saturated carbocycles. The van der Waals surface area contributed by atoms with E-state index in [1.165, 1.54) is 0 Å². The van der Waals surface area contributed by atoms with Gasteiger partial charge in [-0.1, -0.05) is 13.8 Å². The summed E-state index contributed by atoms with van der Waals surface area (Å²) < 4.78 is 37.2. The first-order chi connectivity index (χ1) is 9.99. The maximum absolute atomic E-state index is 12.5. The van der Waals surface area contributed by atoms with Crippen molar-refractivity contribution in [2.45, 2.75) is 38.9 Å². The van der Waals surface area contributed by atoms with Gasteiger partial charge in [0.15, 0.2) is 0 Å². The molecular formula is C14H23ClF3N3O2. The zero-order chi connectivity index (χ0) is 16.7. The molecule has 2 aliphatic heterocycles. The largest absolute Gasteiger partial charge is 0.406 e. The lowest BCUT2D eigenvalue weighted by Gasteiger charge is -2.43. The Morgan fingerprint density at radius 2 is 2.00 bits per heavy atom. The monoisotopic (exact) mass is 357 g/mol. The first-order valence-corrected chi connectivity index (χ1v) is 7.38. The molecule has 5 nitrogen and oxygen atoms in total. The number of nitrogens with two attached hydrogens (primary N) is 1. The van der Waals surface area contributed by atoms with Crippen molar-refractivity contribution in [2.75, 3.05) is 26.2 Å². The molecule has 2 unspecified atom stereocenters. The number of likely N-dealkylation sites (tertiary alicyclic amines) is 2. The Bertz CT molecular complexity index is 471. The average Bonchev–Trinajstić information content (AvgIpc) is 2.71. The second-order valence-electron chi connectivity index (χ2n) is 6.93. The summed E-state index contributed by atoms with van der Waals surface area (Å²) >= 11 is 0. The lowest BCUT2D eigenvalue weighted by molar-refractivity contribution is -0.157. The number of piperidine rings is 1. The Kier molecular flexibility index (Phi) is 5.96. The van der Waals surface area contributed by atoms with Crippen molar-refractivity contribution in [3.8, 4) is 0 Å². The molecule has 2 amide bonds. The summed E-state index contributed by atoms with van der Waals surface area (Å²) in [4.78, 5) is 26.5. The Morgan fingerprint density at radius 3 is 2.52 bits per heavy atom. The smallest absolute Gasteiger partial charge is 0.342 e. The molecule has 0 spiro atoms. The Morgan fingerprint density at radius 1 is 1.39 bits per heavy atom. The van der Waals surface area contributed by atoms with E-state index in [0.717, 1.165) is 4.90 Å². The molecule has 0 aromatic heterocycles. The van der Waals surface area contributed by atoms with Crippen LogP contribution in [0.5, 0.6) is 0 Å². The standard InChI is InChI=1S/C14H22F3N3O2.ClH/c1-13(2)7-19(4-3-10(13)18)12(22)9-5-11(21)20(6-9)8-14(15,16)17;/h9-10H,3-8,18H2,1-2H3;1H. The van der Waals surface area contributed by atoms with E-state index in [1.807, 2.05) is 13.8 Å². The van der Waals surface area contributed by atoms with Crippen molar-refractivity contribution in [1.29, 1.82) is 0 Å². The van der Waals surface area contributed by atoms with Gasteiger partial charge in [0.25, 0.3) is 0 Å². The molecule has 2 fully saturated rings. The van der Waals surface area contributed by atoms with Gasteiger partial charge in [0.05, 0.1) is 5.92 Å². The van der Waals surface area contributed by atoms with Crippen LogP contribution in [0.1, 0.15) is 26.7 Å². The predicted octanol–water partition coefficient (Wildman–Crippen LogP) is 1.40. The number of alkyl halides is 3. The van der Waals surface area contributed by atoms with Crippen molar-refractivity contribution in [2.24, 2.45) is 17.1 Å². The molecule has 23 heavy (non-hydrogen) atoms. The van der Waals surface area contributed by atoms with Crippen LogP contribution < -0.4 is 5.73 Å². The zero-order valence-corrected chi connectivity index (χ0v) is 14.0. The highest BCUT2D eigenvalue weighted by Crippen LogP contribution is 2.31. The Balaban J connectivity index is 0.00000264. The quantitative estimate of drug-likeness (QED) is 0.812. The molecule has 2 saturated heterocycles. The van der Waals surface area contributed by atoms with E-state index in [-0.39, 0.29) is 42.7 Å². The number of amides is 2. The minimum Gasteiger partial charge on any atom is -0.342 e. The van der Waals surface area contributed by atoms with Crippen LogP contribution in [0.2, 0.25) is 0 Å². The molecule has 0 radical (unpaired) electrons. The third-order valence-corrected chi connectivity index (χ3v) is 4.56. The normalized spacial score (nSPS) is 27.8. The summed E-state index contributed by atoms with van der Waals surface area (Å²) in [6.07, 6.45) is -3.92. The third kappa shape index (κ3) is 4.73. The maximum atomic E-state index is 12.5. The number of carbonyl (C=O) groups is 2. The SMILES string of the molecule is CC1(C)CN(C(=O)C2CC(=O)N(CC(F)(F)F)C2)CCC1N.Cl. The number of carbonyl (C=O) groups excluding carboxylic acids is 2. The molecule has 0 aromatic carbocycles. The van der Waals surface area contributed by atoms with E-state index < -0.39 is 24.5 Å². The highest BCUT2D eigenvalue weighted by atomic mass is 35.5. The fraction of sp³-hybridized carbons (Fsp3) is 0.857. The Hall–Kier alpha value is -1.02. The Labute approximate surface area is 139 Å². The average molecular weight is 358 g/mol. The second kappa shape index (κ2) is 6.84. The van der Waals surface area contributed by atoms with Crippen molar-refractivity contribution >= 4 is 24.2 Å². The molecular weight excluding hydrogens is 335 g/mol. The molecule has 2 atom stereocenters. The third-order valence-electron chi connectivity index (χ3n) is 4.56. The van der Waals surface area contributed by atoms with E-state index in [2.05, 4.69) is 0 Å². The van der Waals surface area contributed by atoms with Crippen LogP contribution in [0.25, 0.3) is 0 Å². The van der Waals surface area contributed by atoms with E-state index >= 15 is 0 Å². The molecule has 0 aliphatic carbocycles. The van der Waals surface area contributed by atoms with Gasteiger partial charge in [-0.15, -0.1) is 12.4 Å². The van der Waals surface area contributed by atoms with E-state index in [0.29, 0.717) is 19.5 Å². The molecule has 2 heterocycles. The van der Waals surface area contributed by atoms with Gasteiger partial charge in [-0.2, -0.15) is 13.2 Å². The van der Waals surface area contributed by atoms with Gasteiger partial charge < -0.3 is 15.5 Å². The molecule has 134 valence electrons. The van der Waals surface area contributed by atoms with Crippen molar-refractivity contribution in [3.05, 3.63) is 0 Å². The predicted molar refractivity (Wildman–Crippen MR) is 80.9 cm³/mol. The summed E-state index contributed by atoms with van der Waals surface area (Å²) in [5.41, 5.74) is 5.78. The first kappa shape index (κ1) is 20.0. The van der Waals surface area contributed by atoms with Crippen molar-refractivity contribution in [1.82, 2.24) is 9.80 Å². The van der Waals surface area contributed by atoms with Gasteiger partial charge in [0.2, 0.25) is 11.8 Å². The lowest BCUT2D eigenvalue weighted by Crippen LogP contribution is -2.55. The van der Waals surface area contributed by atoms with Crippen LogP contribution in [-0.4, -0.2) is 60.0 Å². The van der Waals surface area contributed by atoms with Gasteiger partial charge >= 0.3 is 6.18 Å². The van der Waals surface area contributed by atoms with Crippen LogP contribution in [0.15, 0.2) is 0 Å². The van der Waals surface area contributed by atoms with Gasteiger partial charge in [-0.25, -0.2) is 0 Å². The van der Waals surface area contributed by atoms with Crippen LogP contribution >= 0.6 is 12.4 Å². The van der Waals surface area contributed by atoms with E-state index in [9.17, 15) is 22.8 Å². The zero-order valence-electron chi connectivity index (χ0n) is 13.2. The van der Waals surface area contributed by atoms with E-state index in [1.54, 1.807) is 4.90 Å². The summed E-state index contributed by atoms with van der Waals surface area (Å²) in [7, 11) is 0. The molecule has 0 bridgehead atoms.